The molecular formula is C23H25NO6. The van der Waals surface area contributed by atoms with Gasteiger partial charge in [0.2, 0.25) is 5.75 Å². The Balaban J connectivity index is 1.64. The van der Waals surface area contributed by atoms with Crippen LogP contribution in [0.5, 0.6) is 23.0 Å². The summed E-state index contributed by atoms with van der Waals surface area (Å²) in [6, 6.07) is 9.49. The van der Waals surface area contributed by atoms with Gasteiger partial charge in [0.15, 0.2) is 11.5 Å². The molecule has 0 atom stereocenters. The molecule has 1 aromatic heterocycles. The number of nitrogens with zero attached hydrogens (tertiary/aromatic N) is 1. The third-order valence-corrected chi connectivity index (χ3v) is 5.52. The zero-order valence-electron chi connectivity index (χ0n) is 17.6. The van der Waals surface area contributed by atoms with Crippen molar-refractivity contribution >= 4 is 11.0 Å². The molecule has 2 heterocycles. The van der Waals surface area contributed by atoms with Gasteiger partial charge in [0.1, 0.15) is 11.3 Å². The molecule has 30 heavy (non-hydrogen) atoms. The number of fused-ring (bicyclic) bond motifs is 3. The average Bonchev–Trinajstić information content (AvgIpc) is 2.78. The summed E-state index contributed by atoms with van der Waals surface area (Å²) in [6.07, 6.45) is 0.772. The summed E-state index contributed by atoms with van der Waals surface area (Å²) in [4.78, 5) is 14.9. The smallest absolute Gasteiger partial charge is 0.341 e. The maximum atomic E-state index is 12.7. The fourth-order valence-corrected chi connectivity index (χ4v) is 4.05. The second kappa shape index (κ2) is 8.28. The van der Waals surface area contributed by atoms with Crippen molar-refractivity contribution in [2.45, 2.75) is 19.5 Å². The summed E-state index contributed by atoms with van der Waals surface area (Å²) in [7, 11) is 6.38. The van der Waals surface area contributed by atoms with Crippen molar-refractivity contribution in [3.05, 3.63) is 57.4 Å². The Morgan fingerprint density at radius 3 is 2.30 bits per heavy atom. The minimum absolute atomic E-state index is 0.291. The summed E-state index contributed by atoms with van der Waals surface area (Å²) >= 11 is 0. The van der Waals surface area contributed by atoms with Crippen molar-refractivity contribution in [2.24, 2.45) is 0 Å². The highest BCUT2D eigenvalue weighted by Gasteiger charge is 2.24. The zero-order valence-corrected chi connectivity index (χ0v) is 17.6. The summed E-state index contributed by atoms with van der Waals surface area (Å²) in [5.41, 5.74) is 3.07. The molecule has 4 rings (SSSR count). The molecule has 0 saturated heterocycles. The lowest BCUT2D eigenvalue weighted by Gasteiger charge is -2.29. The third-order valence-electron chi connectivity index (χ3n) is 5.52. The third kappa shape index (κ3) is 3.57. The Kier molecular flexibility index (Phi) is 5.55. The quantitative estimate of drug-likeness (QED) is 0.576. The lowest BCUT2D eigenvalue weighted by Crippen LogP contribution is -2.33. The van der Waals surface area contributed by atoms with Crippen molar-refractivity contribution in [1.29, 1.82) is 0 Å². The summed E-state index contributed by atoms with van der Waals surface area (Å²) in [5.74, 6) is 2.47. The van der Waals surface area contributed by atoms with Crippen molar-refractivity contribution in [3.8, 4) is 23.0 Å². The van der Waals surface area contributed by atoms with Crippen molar-refractivity contribution in [3.63, 3.8) is 0 Å². The molecule has 2 aromatic carbocycles. The second-order valence-corrected chi connectivity index (χ2v) is 7.20. The van der Waals surface area contributed by atoms with Crippen LogP contribution < -0.4 is 24.6 Å². The summed E-state index contributed by atoms with van der Waals surface area (Å²) in [6.45, 7) is 2.00. The summed E-state index contributed by atoms with van der Waals surface area (Å²) < 4.78 is 27.1. The molecular weight excluding hydrogens is 386 g/mol. The highest BCUT2D eigenvalue weighted by atomic mass is 16.5. The highest BCUT2D eigenvalue weighted by molar-refractivity contribution is 5.82. The average molecular weight is 411 g/mol. The van der Waals surface area contributed by atoms with Gasteiger partial charge in [-0.15, -0.1) is 0 Å². The van der Waals surface area contributed by atoms with Gasteiger partial charge in [-0.25, -0.2) is 4.79 Å². The molecule has 1 aliphatic heterocycles. The minimum atomic E-state index is -0.291. The molecule has 0 spiro atoms. The molecule has 0 fully saturated rings. The minimum Gasteiger partial charge on any atom is -0.497 e. The second-order valence-electron chi connectivity index (χ2n) is 7.20. The SMILES string of the molecule is COc1ccc2c3c(c(=O)oc2c1)CN(Cc1cc(OC)c(OC)c(OC)c1)CC3. The van der Waals surface area contributed by atoms with E-state index in [1.165, 1.54) is 0 Å². The van der Waals surface area contributed by atoms with E-state index < -0.39 is 0 Å². The van der Waals surface area contributed by atoms with Crippen molar-refractivity contribution in [2.75, 3.05) is 35.0 Å². The van der Waals surface area contributed by atoms with Crippen LogP contribution in [0.15, 0.2) is 39.5 Å². The van der Waals surface area contributed by atoms with Crippen LogP contribution in [0.4, 0.5) is 0 Å². The van der Waals surface area contributed by atoms with E-state index in [9.17, 15) is 4.79 Å². The Morgan fingerprint density at radius 2 is 1.67 bits per heavy atom. The molecule has 1 aliphatic rings. The van der Waals surface area contributed by atoms with Gasteiger partial charge in [-0.1, -0.05) is 0 Å². The van der Waals surface area contributed by atoms with Gasteiger partial charge in [0.25, 0.3) is 0 Å². The molecule has 7 heteroatoms. The van der Waals surface area contributed by atoms with E-state index >= 15 is 0 Å². The van der Waals surface area contributed by atoms with Gasteiger partial charge in [0.05, 0.1) is 34.0 Å². The van der Waals surface area contributed by atoms with E-state index in [4.69, 9.17) is 23.4 Å². The molecule has 0 radical (unpaired) electrons. The molecule has 0 aliphatic carbocycles. The number of ether oxygens (including phenoxy) is 4. The van der Waals surface area contributed by atoms with Crippen LogP contribution in [-0.4, -0.2) is 39.9 Å². The fraction of sp³-hybridized carbons (Fsp3) is 0.348. The van der Waals surface area contributed by atoms with Gasteiger partial charge in [-0.2, -0.15) is 0 Å². The number of methoxy groups -OCH3 is 4. The standard InChI is InChI=1S/C23H25NO6/c1-26-15-5-6-17-16-7-8-24(13-18(16)23(25)30-19(17)11-15)12-14-9-20(27-2)22(29-4)21(10-14)28-3/h5-6,9-11H,7-8,12-13H2,1-4H3. The van der Waals surface area contributed by atoms with Gasteiger partial charge >= 0.3 is 5.63 Å². The number of hydrogen-bond donors (Lipinski definition) is 0. The fourth-order valence-electron chi connectivity index (χ4n) is 4.05. The molecule has 7 nitrogen and oxygen atoms in total. The van der Waals surface area contributed by atoms with E-state index in [0.717, 1.165) is 29.5 Å². The first-order valence-corrected chi connectivity index (χ1v) is 9.71. The Labute approximate surface area is 174 Å². The monoisotopic (exact) mass is 411 g/mol. The Hall–Kier alpha value is -3.19. The van der Waals surface area contributed by atoms with E-state index in [-0.39, 0.29) is 5.63 Å². The van der Waals surface area contributed by atoms with E-state index in [1.54, 1.807) is 34.5 Å². The molecule has 158 valence electrons. The maximum Gasteiger partial charge on any atom is 0.341 e. The van der Waals surface area contributed by atoms with Crippen molar-refractivity contribution in [1.82, 2.24) is 4.90 Å². The number of benzene rings is 2. The predicted molar refractivity (Wildman–Crippen MR) is 113 cm³/mol. The molecule has 0 unspecified atom stereocenters. The predicted octanol–water partition coefficient (Wildman–Crippen LogP) is 3.39. The topological polar surface area (TPSA) is 70.4 Å². The van der Waals surface area contributed by atoms with Crippen LogP contribution in [0.25, 0.3) is 11.0 Å². The number of hydrogen-bond acceptors (Lipinski definition) is 7. The van der Waals surface area contributed by atoms with Gasteiger partial charge in [0, 0.05) is 31.1 Å². The van der Waals surface area contributed by atoms with Crippen molar-refractivity contribution < 1.29 is 23.4 Å². The molecule has 0 amide bonds. The van der Waals surface area contributed by atoms with Gasteiger partial charge in [-0.3, -0.25) is 4.90 Å². The van der Waals surface area contributed by atoms with Gasteiger partial charge < -0.3 is 23.4 Å². The van der Waals surface area contributed by atoms with E-state index in [2.05, 4.69) is 4.90 Å². The maximum absolute atomic E-state index is 12.7. The van der Waals surface area contributed by atoms with Crippen LogP contribution in [0.2, 0.25) is 0 Å². The van der Waals surface area contributed by atoms with E-state index in [0.29, 0.717) is 47.2 Å². The molecule has 0 N–H and O–H groups in total. The number of rotatable bonds is 6. The molecule has 3 aromatic rings. The highest BCUT2D eigenvalue weighted by Crippen LogP contribution is 2.39. The molecule has 0 bridgehead atoms. The zero-order chi connectivity index (χ0) is 21.3. The lowest BCUT2D eigenvalue weighted by atomic mass is 9.97. The molecule has 0 saturated carbocycles. The first-order chi connectivity index (χ1) is 14.6. The van der Waals surface area contributed by atoms with E-state index in [1.807, 2.05) is 24.3 Å². The van der Waals surface area contributed by atoms with Crippen LogP contribution in [0.3, 0.4) is 0 Å². The Morgan fingerprint density at radius 1 is 0.933 bits per heavy atom. The lowest BCUT2D eigenvalue weighted by molar-refractivity contribution is 0.240. The normalized spacial score (nSPS) is 13.7. The van der Waals surface area contributed by atoms with Crippen LogP contribution in [-0.2, 0) is 19.5 Å². The van der Waals surface area contributed by atoms with Crippen LogP contribution in [0, 0.1) is 0 Å². The van der Waals surface area contributed by atoms with Gasteiger partial charge in [-0.05, 0) is 41.8 Å². The largest absolute Gasteiger partial charge is 0.497 e. The summed E-state index contributed by atoms with van der Waals surface area (Å²) in [5, 5.41) is 0.970. The first kappa shape index (κ1) is 20.1. The van der Waals surface area contributed by atoms with Crippen LogP contribution >= 0.6 is 0 Å². The first-order valence-electron chi connectivity index (χ1n) is 9.71. The van der Waals surface area contributed by atoms with Crippen LogP contribution in [0.1, 0.15) is 16.7 Å². The Bertz CT molecular complexity index is 1110.